The molecule has 0 radical (unpaired) electrons. The van der Waals surface area contributed by atoms with Crippen LogP contribution < -0.4 is 5.32 Å². The summed E-state index contributed by atoms with van der Waals surface area (Å²) >= 11 is 0. The topological polar surface area (TPSA) is 93.0 Å². The molecule has 4 heterocycles. The van der Waals surface area contributed by atoms with E-state index >= 15 is 0 Å². The van der Waals surface area contributed by atoms with E-state index in [9.17, 15) is 9.59 Å². The first-order valence-corrected chi connectivity index (χ1v) is 10.1. The third-order valence-electron chi connectivity index (χ3n) is 5.91. The molecular weight excluding hydrogens is 380 g/mol. The number of amides is 2. The second kappa shape index (κ2) is 7.37. The molecule has 2 aromatic heterocycles. The van der Waals surface area contributed by atoms with Crippen LogP contribution in [0.4, 0.5) is 5.69 Å². The van der Waals surface area contributed by atoms with Crippen LogP contribution in [0.2, 0.25) is 0 Å². The molecule has 2 atom stereocenters. The van der Waals surface area contributed by atoms with Gasteiger partial charge in [0.2, 0.25) is 5.82 Å². The van der Waals surface area contributed by atoms with Crippen LogP contribution in [0.5, 0.6) is 0 Å². The summed E-state index contributed by atoms with van der Waals surface area (Å²) in [7, 11) is 0. The monoisotopic (exact) mass is 402 g/mol. The van der Waals surface area contributed by atoms with Gasteiger partial charge >= 0.3 is 0 Å². The Bertz CT molecular complexity index is 1110. The lowest BCUT2D eigenvalue weighted by atomic mass is 9.89. The van der Waals surface area contributed by atoms with E-state index in [2.05, 4.69) is 20.5 Å². The van der Waals surface area contributed by atoms with E-state index in [-0.39, 0.29) is 17.7 Å². The van der Waals surface area contributed by atoms with Gasteiger partial charge in [0.1, 0.15) is 5.82 Å². The van der Waals surface area contributed by atoms with E-state index in [1.165, 1.54) is 0 Å². The Labute approximate surface area is 173 Å². The highest BCUT2D eigenvalue weighted by atomic mass is 16.2. The molecular formula is C22H22N6O2. The van der Waals surface area contributed by atoms with Crippen LogP contribution in [-0.4, -0.2) is 49.6 Å². The van der Waals surface area contributed by atoms with E-state index in [1.807, 2.05) is 52.8 Å². The molecule has 0 saturated carbocycles. The predicted octanol–water partition coefficient (Wildman–Crippen LogP) is 2.18. The molecule has 8 heteroatoms. The van der Waals surface area contributed by atoms with Gasteiger partial charge in [-0.2, -0.15) is 0 Å². The summed E-state index contributed by atoms with van der Waals surface area (Å²) in [6, 6.07) is 11.2. The smallest absolute Gasteiger partial charge is 0.293 e. The summed E-state index contributed by atoms with van der Waals surface area (Å²) in [5.41, 5.74) is 2.31. The van der Waals surface area contributed by atoms with Gasteiger partial charge in [-0.25, -0.2) is 0 Å². The summed E-state index contributed by atoms with van der Waals surface area (Å²) in [4.78, 5) is 31.7. The lowest BCUT2D eigenvalue weighted by Crippen LogP contribution is -2.31. The molecule has 2 aliphatic rings. The molecule has 1 fully saturated rings. The zero-order chi connectivity index (χ0) is 20.7. The average molecular weight is 402 g/mol. The molecule has 1 N–H and O–H groups in total. The number of nitrogens with one attached hydrogen (secondary N) is 1. The van der Waals surface area contributed by atoms with E-state index in [1.54, 1.807) is 12.4 Å². The summed E-state index contributed by atoms with van der Waals surface area (Å²) < 4.78 is 1.90. The highest BCUT2D eigenvalue weighted by Crippen LogP contribution is 2.33. The summed E-state index contributed by atoms with van der Waals surface area (Å²) in [5, 5.41) is 11.3. The number of carbonyl (C=O) groups is 2. The summed E-state index contributed by atoms with van der Waals surface area (Å²) in [6.07, 6.45) is 4.08. The molecule has 152 valence electrons. The molecule has 2 aliphatic heterocycles. The predicted molar refractivity (Wildman–Crippen MR) is 110 cm³/mol. The fourth-order valence-corrected chi connectivity index (χ4v) is 4.42. The number of likely N-dealkylation sites (tertiary alicyclic amines) is 1. The molecule has 0 aliphatic carbocycles. The van der Waals surface area contributed by atoms with Crippen LogP contribution in [-0.2, 0) is 13.0 Å². The molecule has 0 spiro atoms. The van der Waals surface area contributed by atoms with Gasteiger partial charge in [0.25, 0.3) is 11.8 Å². The van der Waals surface area contributed by atoms with Crippen molar-refractivity contribution in [2.45, 2.75) is 19.9 Å². The third-order valence-corrected chi connectivity index (χ3v) is 5.91. The van der Waals surface area contributed by atoms with Gasteiger partial charge < -0.3 is 14.8 Å². The van der Waals surface area contributed by atoms with Gasteiger partial charge in [-0.3, -0.25) is 14.6 Å². The Morgan fingerprint density at radius 2 is 1.83 bits per heavy atom. The Morgan fingerprint density at radius 3 is 2.63 bits per heavy atom. The maximum Gasteiger partial charge on any atom is 0.293 e. The SMILES string of the molecule is Cc1cncc(C(=O)N2CC3Cc4nnc(C(=O)Nc5ccccc5)n4CC3C2)c1. The van der Waals surface area contributed by atoms with E-state index < -0.39 is 0 Å². The number of para-hydroxylation sites is 1. The van der Waals surface area contributed by atoms with Gasteiger partial charge in [-0.15, -0.1) is 10.2 Å². The van der Waals surface area contributed by atoms with E-state index in [0.717, 1.165) is 17.1 Å². The van der Waals surface area contributed by atoms with Gasteiger partial charge in [-0.1, -0.05) is 18.2 Å². The highest BCUT2D eigenvalue weighted by molar-refractivity contribution is 6.01. The second-order valence-corrected chi connectivity index (χ2v) is 8.06. The number of anilines is 1. The fraction of sp³-hybridized carbons (Fsp3) is 0.318. The van der Waals surface area contributed by atoms with Crippen LogP contribution >= 0.6 is 0 Å². The molecule has 2 unspecified atom stereocenters. The van der Waals surface area contributed by atoms with Crippen molar-refractivity contribution in [1.82, 2.24) is 24.6 Å². The zero-order valence-corrected chi connectivity index (χ0v) is 16.7. The molecule has 2 amide bonds. The average Bonchev–Trinajstić information content (AvgIpc) is 3.35. The third kappa shape index (κ3) is 3.34. The van der Waals surface area contributed by atoms with Crippen LogP contribution in [0.15, 0.2) is 48.8 Å². The number of rotatable bonds is 3. The van der Waals surface area contributed by atoms with Crippen molar-refractivity contribution >= 4 is 17.5 Å². The lowest BCUT2D eigenvalue weighted by molar-refractivity contribution is 0.0782. The zero-order valence-electron chi connectivity index (χ0n) is 16.7. The number of hydrogen-bond donors (Lipinski definition) is 1. The number of carbonyl (C=O) groups excluding carboxylic acids is 2. The molecule has 1 saturated heterocycles. The summed E-state index contributed by atoms with van der Waals surface area (Å²) in [6.45, 7) is 3.92. The first-order valence-electron chi connectivity index (χ1n) is 10.1. The van der Waals surface area contributed by atoms with Crippen LogP contribution in [0.25, 0.3) is 0 Å². The Hall–Kier alpha value is -3.55. The largest absolute Gasteiger partial charge is 0.338 e. The van der Waals surface area contributed by atoms with Crippen LogP contribution in [0.3, 0.4) is 0 Å². The number of nitrogens with zero attached hydrogens (tertiary/aromatic N) is 5. The Kier molecular flexibility index (Phi) is 4.54. The molecule has 3 aromatic rings. The molecule has 0 bridgehead atoms. The highest BCUT2D eigenvalue weighted by Gasteiger charge is 2.40. The minimum atomic E-state index is -0.268. The van der Waals surface area contributed by atoms with E-state index in [0.29, 0.717) is 43.4 Å². The summed E-state index contributed by atoms with van der Waals surface area (Å²) in [5.74, 6) is 1.47. The first-order chi connectivity index (χ1) is 14.6. The molecule has 5 rings (SSSR count). The van der Waals surface area contributed by atoms with Gasteiger partial charge in [0, 0.05) is 44.1 Å². The molecule has 30 heavy (non-hydrogen) atoms. The quantitative estimate of drug-likeness (QED) is 0.725. The lowest BCUT2D eigenvalue weighted by Gasteiger charge is -2.25. The number of aromatic nitrogens is 4. The molecule has 8 nitrogen and oxygen atoms in total. The maximum absolute atomic E-state index is 12.9. The van der Waals surface area contributed by atoms with Crippen LogP contribution in [0.1, 0.15) is 32.4 Å². The van der Waals surface area contributed by atoms with Crippen molar-refractivity contribution in [2.75, 3.05) is 18.4 Å². The number of fused-ring (bicyclic) bond motifs is 2. The van der Waals surface area contributed by atoms with Gasteiger partial charge in [0.05, 0.1) is 5.56 Å². The Balaban J connectivity index is 1.31. The number of benzene rings is 1. The van der Waals surface area contributed by atoms with E-state index in [4.69, 9.17) is 0 Å². The maximum atomic E-state index is 12.9. The Morgan fingerprint density at radius 1 is 1.03 bits per heavy atom. The number of hydrogen-bond acceptors (Lipinski definition) is 5. The normalized spacial score (nSPS) is 19.8. The van der Waals surface area contributed by atoms with Gasteiger partial charge in [0.15, 0.2) is 0 Å². The van der Waals surface area contributed by atoms with Crippen LogP contribution in [0, 0.1) is 18.8 Å². The van der Waals surface area contributed by atoms with Crippen molar-refractivity contribution in [3.8, 4) is 0 Å². The number of aryl methyl sites for hydroxylation is 1. The van der Waals surface area contributed by atoms with Crippen molar-refractivity contribution in [1.29, 1.82) is 0 Å². The van der Waals surface area contributed by atoms with Gasteiger partial charge in [-0.05, 0) is 42.5 Å². The fourth-order valence-electron chi connectivity index (χ4n) is 4.42. The van der Waals surface area contributed by atoms with Crippen molar-refractivity contribution in [2.24, 2.45) is 11.8 Å². The van der Waals surface area contributed by atoms with Crippen molar-refractivity contribution in [3.05, 3.63) is 71.6 Å². The van der Waals surface area contributed by atoms with Crippen molar-refractivity contribution in [3.63, 3.8) is 0 Å². The standard InChI is InChI=1S/C22H22N6O2/c1-14-7-15(10-23-9-14)22(30)27-11-16-8-19-25-26-20(28(19)13-17(16)12-27)21(29)24-18-5-3-2-4-6-18/h2-7,9-10,16-17H,8,11-13H2,1H3,(H,24,29). The molecule has 1 aromatic carbocycles. The minimum Gasteiger partial charge on any atom is -0.338 e. The number of pyridine rings is 1. The minimum absolute atomic E-state index is 0.0124. The second-order valence-electron chi connectivity index (χ2n) is 8.06. The van der Waals surface area contributed by atoms with Crippen molar-refractivity contribution < 1.29 is 9.59 Å². The first kappa shape index (κ1) is 18.5.